The fourth-order valence-electron chi connectivity index (χ4n) is 4.44. The molecule has 0 bridgehead atoms. The molecule has 3 aromatic rings. The van der Waals surface area contributed by atoms with Crippen LogP contribution < -0.4 is 4.90 Å². The minimum Gasteiger partial charge on any atom is -0.443 e. The van der Waals surface area contributed by atoms with Crippen molar-refractivity contribution in [1.29, 1.82) is 0 Å². The van der Waals surface area contributed by atoms with E-state index in [0.29, 0.717) is 43.6 Å². The van der Waals surface area contributed by atoms with Crippen molar-refractivity contribution in [2.45, 2.75) is 17.9 Å². The molecule has 0 radical (unpaired) electrons. The van der Waals surface area contributed by atoms with Gasteiger partial charge in [-0.3, -0.25) is 19.9 Å². The standard InChI is InChI=1S/C23H24N6O7S/c1-16-24-22(25-36-16)17-6-8-18(9-7-17)28-15-19(35-23(28)30)14-26-10-12-27(13-11-26)37(33,34)21-5-3-2-4-20(21)29(31)32/h2-9,19H,10-15H2,1H3. The van der Waals surface area contributed by atoms with Crippen LogP contribution in [0.5, 0.6) is 0 Å². The molecular weight excluding hydrogens is 504 g/mol. The van der Waals surface area contributed by atoms with Crippen LogP contribution in [0.3, 0.4) is 0 Å². The average Bonchev–Trinajstić information content (AvgIpc) is 3.49. The topological polar surface area (TPSA) is 152 Å². The predicted molar refractivity (Wildman–Crippen MR) is 130 cm³/mol. The van der Waals surface area contributed by atoms with Crippen LogP contribution in [0.4, 0.5) is 16.2 Å². The number of hydrogen-bond donors (Lipinski definition) is 0. The third-order valence-electron chi connectivity index (χ3n) is 6.31. The minimum absolute atomic E-state index is 0.176. The number of rotatable bonds is 7. The molecule has 1 amide bonds. The molecule has 2 saturated heterocycles. The number of nitrogens with zero attached hydrogens (tertiary/aromatic N) is 6. The molecular formula is C23H24N6O7S. The molecule has 1 unspecified atom stereocenters. The summed E-state index contributed by atoms with van der Waals surface area (Å²) in [6.07, 6.45) is -0.837. The van der Waals surface area contributed by atoms with E-state index in [2.05, 4.69) is 10.1 Å². The van der Waals surface area contributed by atoms with Gasteiger partial charge in [0.2, 0.25) is 21.7 Å². The third-order valence-corrected chi connectivity index (χ3v) is 8.26. The molecule has 13 nitrogen and oxygen atoms in total. The second-order valence-corrected chi connectivity index (χ2v) is 10.6. The normalized spacial score (nSPS) is 19.2. The SMILES string of the molecule is Cc1nc(-c2ccc(N3CC(CN4CCN(S(=O)(=O)c5ccccc5[N+](=O)[O-])CC4)OC3=O)cc2)no1. The van der Waals surface area contributed by atoms with Crippen molar-refractivity contribution in [2.75, 3.05) is 44.2 Å². The maximum absolute atomic E-state index is 13.0. The molecule has 2 fully saturated rings. The van der Waals surface area contributed by atoms with Gasteiger partial charge in [0.15, 0.2) is 4.90 Å². The van der Waals surface area contributed by atoms with Gasteiger partial charge in [-0.05, 0) is 30.3 Å². The zero-order valence-electron chi connectivity index (χ0n) is 19.9. The number of piperazine rings is 1. The molecule has 0 aliphatic carbocycles. The number of cyclic esters (lactones) is 1. The van der Waals surface area contributed by atoms with Crippen LogP contribution in [0.1, 0.15) is 5.89 Å². The number of amides is 1. The lowest BCUT2D eigenvalue weighted by atomic mass is 10.2. The summed E-state index contributed by atoms with van der Waals surface area (Å²) in [5.41, 5.74) is 0.999. The summed E-state index contributed by atoms with van der Waals surface area (Å²) in [6, 6.07) is 12.5. The molecule has 0 N–H and O–H groups in total. The van der Waals surface area contributed by atoms with Gasteiger partial charge in [-0.15, -0.1) is 0 Å². The highest BCUT2D eigenvalue weighted by atomic mass is 32.2. The highest BCUT2D eigenvalue weighted by Gasteiger charge is 2.37. The van der Waals surface area contributed by atoms with E-state index < -0.39 is 26.7 Å². The van der Waals surface area contributed by atoms with Crippen LogP contribution in [0.25, 0.3) is 11.4 Å². The van der Waals surface area contributed by atoms with Crippen molar-refractivity contribution in [3.05, 3.63) is 64.5 Å². The van der Waals surface area contributed by atoms with Crippen LogP contribution in [-0.2, 0) is 14.8 Å². The Hall–Kier alpha value is -3.88. The molecule has 14 heteroatoms. The number of benzene rings is 2. The van der Waals surface area contributed by atoms with Crippen LogP contribution in [0, 0.1) is 17.0 Å². The predicted octanol–water partition coefficient (Wildman–Crippen LogP) is 2.28. The van der Waals surface area contributed by atoms with Gasteiger partial charge in [0.05, 0.1) is 11.5 Å². The van der Waals surface area contributed by atoms with Gasteiger partial charge >= 0.3 is 6.09 Å². The van der Waals surface area contributed by atoms with Gasteiger partial charge in [0.25, 0.3) is 5.69 Å². The van der Waals surface area contributed by atoms with E-state index in [9.17, 15) is 23.3 Å². The number of aryl methyl sites for hydroxylation is 1. The molecule has 3 heterocycles. The molecule has 2 aromatic carbocycles. The van der Waals surface area contributed by atoms with Gasteiger partial charge in [-0.2, -0.15) is 9.29 Å². The first-order valence-electron chi connectivity index (χ1n) is 11.6. The van der Waals surface area contributed by atoms with Crippen molar-refractivity contribution in [1.82, 2.24) is 19.3 Å². The molecule has 0 saturated carbocycles. The fourth-order valence-corrected chi connectivity index (χ4v) is 6.02. The van der Waals surface area contributed by atoms with E-state index in [1.54, 1.807) is 36.1 Å². The van der Waals surface area contributed by atoms with E-state index in [4.69, 9.17) is 9.26 Å². The maximum Gasteiger partial charge on any atom is 0.414 e. The van der Waals surface area contributed by atoms with Gasteiger partial charge in [0.1, 0.15) is 6.10 Å². The summed E-state index contributed by atoms with van der Waals surface area (Å²) in [6.45, 7) is 3.68. The molecule has 5 rings (SSSR count). The van der Waals surface area contributed by atoms with Crippen molar-refractivity contribution >= 4 is 27.5 Å². The number of sulfonamides is 1. The second kappa shape index (κ2) is 9.88. The summed E-state index contributed by atoms with van der Waals surface area (Å²) in [7, 11) is -4.01. The lowest BCUT2D eigenvalue weighted by molar-refractivity contribution is -0.387. The van der Waals surface area contributed by atoms with E-state index in [1.165, 1.54) is 28.6 Å². The first-order valence-corrected chi connectivity index (χ1v) is 13.0. The van der Waals surface area contributed by atoms with Crippen LogP contribution in [0.2, 0.25) is 0 Å². The molecule has 194 valence electrons. The van der Waals surface area contributed by atoms with Crippen LogP contribution in [0.15, 0.2) is 57.9 Å². The number of anilines is 1. The second-order valence-electron chi connectivity index (χ2n) is 8.73. The fraction of sp³-hybridized carbons (Fsp3) is 0.348. The maximum atomic E-state index is 13.0. The Kier molecular flexibility index (Phi) is 6.62. The van der Waals surface area contributed by atoms with Crippen molar-refractivity contribution in [2.24, 2.45) is 0 Å². The number of carbonyl (C=O) groups is 1. The molecule has 1 aromatic heterocycles. The number of ether oxygens (including phenoxy) is 1. The van der Waals surface area contributed by atoms with Gasteiger partial charge < -0.3 is 9.26 Å². The monoisotopic (exact) mass is 528 g/mol. The Morgan fingerprint density at radius 1 is 1.08 bits per heavy atom. The van der Waals surface area contributed by atoms with E-state index in [1.807, 2.05) is 4.90 Å². The van der Waals surface area contributed by atoms with Gasteiger partial charge in [-0.25, -0.2) is 13.2 Å². The summed E-state index contributed by atoms with van der Waals surface area (Å²) < 4.78 is 37.9. The van der Waals surface area contributed by atoms with Crippen molar-refractivity contribution in [3.63, 3.8) is 0 Å². The zero-order valence-corrected chi connectivity index (χ0v) is 20.7. The number of aromatic nitrogens is 2. The summed E-state index contributed by atoms with van der Waals surface area (Å²) in [4.78, 5) is 30.6. The van der Waals surface area contributed by atoms with E-state index in [0.717, 1.165) is 5.56 Å². The highest BCUT2D eigenvalue weighted by Crippen LogP contribution is 2.28. The Morgan fingerprint density at radius 3 is 2.43 bits per heavy atom. The molecule has 2 aliphatic rings. The van der Waals surface area contributed by atoms with Crippen LogP contribution >= 0.6 is 0 Å². The number of carbonyl (C=O) groups excluding carboxylic acids is 1. The van der Waals surface area contributed by atoms with Gasteiger partial charge in [0, 0.05) is 57.0 Å². The molecule has 2 aliphatic heterocycles. The summed E-state index contributed by atoms with van der Waals surface area (Å²) in [5, 5.41) is 15.2. The molecule has 0 spiro atoms. The first kappa shape index (κ1) is 24.8. The Bertz CT molecular complexity index is 1420. The van der Waals surface area contributed by atoms with Gasteiger partial charge in [-0.1, -0.05) is 17.3 Å². The quantitative estimate of drug-likeness (QED) is 0.330. The smallest absolute Gasteiger partial charge is 0.414 e. The molecule has 1 atom stereocenters. The number of para-hydroxylation sites is 1. The van der Waals surface area contributed by atoms with E-state index >= 15 is 0 Å². The Morgan fingerprint density at radius 2 is 1.78 bits per heavy atom. The zero-order chi connectivity index (χ0) is 26.2. The number of hydrogen-bond acceptors (Lipinski definition) is 10. The van der Waals surface area contributed by atoms with E-state index in [-0.39, 0.29) is 24.1 Å². The summed E-state index contributed by atoms with van der Waals surface area (Å²) >= 11 is 0. The first-order chi connectivity index (χ1) is 17.7. The summed E-state index contributed by atoms with van der Waals surface area (Å²) in [5.74, 6) is 0.929. The average molecular weight is 529 g/mol. The number of nitro benzene ring substituents is 1. The largest absolute Gasteiger partial charge is 0.443 e. The lowest BCUT2D eigenvalue weighted by Gasteiger charge is -2.34. The third kappa shape index (κ3) is 5.03. The minimum atomic E-state index is -4.01. The van der Waals surface area contributed by atoms with Crippen molar-refractivity contribution in [3.8, 4) is 11.4 Å². The highest BCUT2D eigenvalue weighted by molar-refractivity contribution is 7.89. The Labute approximate surface area is 212 Å². The Balaban J connectivity index is 1.18. The lowest BCUT2D eigenvalue weighted by Crippen LogP contribution is -2.50. The molecule has 37 heavy (non-hydrogen) atoms. The number of nitro groups is 1. The van der Waals surface area contributed by atoms with Crippen LogP contribution in [-0.4, -0.2) is 84.2 Å². The van der Waals surface area contributed by atoms with Crippen molar-refractivity contribution < 1.29 is 27.4 Å².